The van der Waals surface area contributed by atoms with E-state index in [0.717, 1.165) is 12.5 Å². The van der Waals surface area contributed by atoms with Crippen LogP contribution in [0.2, 0.25) is 0 Å². The summed E-state index contributed by atoms with van der Waals surface area (Å²) in [5.41, 5.74) is 6.42. The fourth-order valence-electron chi connectivity index (χ4n) is 1.54. The molecule has 3 N–H and O–H groups in total. The van der Waals surface area contributed by atoms with Gasteiger partial charge < -0.3 is 11.1 Å². The van der Waals surface area contributed by atoms with Crippen molar-refractivity contribution < 1.29 is 9.18 Å². The molecule has 1 unspecified atom stereocenters. The van der Waals surface area contributed by atoms with E-state index < -0.39 is 11.9 Å². The molecule has 5 heteroatoms. The maximum atomic E-state index is 13.5. The molecule has 1 rings (SSSR count). The molecule has 96 valence electrons. The number of anilines is 1. The molecule has 0 heterocycles. The smallest absolute Gasteiger partial charge is 0.241 e. The Morgan fingerprint density at radius 3 is 2.83 bits per heavy atom. The van der Waals surface area contributed by atoms with Crippen LogP contribution in [0.15, 0.2) is 12.1 Å². The van der Waals surface area contributed by atoms with E-state index in [4.69, 9.17) is 11.0 Å². The van der Waals surface area contributed by atoms with Gasteiger partial charge in [0.05, 0.1) is 17.7 Å². The molecule has 0 aliphatic carbocycles. The number of halogens is 1. The van der Waals surface area contributed by atoms with Crippen LogP contribution in [0.3, 0.4) is 0 Å². The van der Waals surface area contributed by atoms with Crippen molar-refractivity contribution in [2.45, 2.75) is 32.7 Å². The number of carbonyl (C=O) groups is 1. The first kappa shape index (κ1) is 14.1. The van der Waals surface area contributed by atoms with Gasteiger partial charge >= 0.3 is 0 Å². The molecule has 0 radical (unpaired) electrons. The first-order chi connectivity index (χ1) is 8.49. The molecular weight excluding hydrogens is 233 g/mol. The Labute approximate surface area is 106 Å². The quantitative estimate of drug-likeness (QED) is 0.857. The maximum Gasteiger partial charge on any atom is 0.241 e. The van der Waals surface area contributed by atoms with Crippen LogP contribution in [0.1, 0.15) is 30.9 Å². The van der Waals surface area contributed by atoms with Gasteiger partial charge in [0.25, 0.3) is 0 Å². The minimum atomic E-state index is -0.622. The van der Waals surface area contributed by atoms with Crippen LogP contribution in [-0.4, -0.2) is 11.9 Å². The van der Waals surface area contributed by atoms with E-state index in [0.29, 0.717) is 17.7 Å². The fourth-order valence-corrected chi connectivity index (χ4v) is 1.54. The van der Waals surface area contributed by atoms with Crippen molar-refractivity contribution >= 4 is 11.6 Å². The largest absolute Gasteiger partial charge is 0.324 e. The average molecular weight is 249 g/mol. The Balaban J connectivity index is 2.94. The Morgan fingerprint density at radius 2 is 2.28 bits per heavy atom. The minimum Gasteiger partial charge on any atom is -0.324 e. The molecule has 18 heavy (non-hydrogen) atoms. The van der Waals surface area contributed by atoms with E-state index >= 15 is 0 Å². The summed E-state index contributed by atoms with van der Waals surface area (Å²) in [6, 6.07) is 3.79. The van der Waals surface area contributed by atoms with E-state index in [1.807, 2.05) is 13.0 Å². The van der Waals surface area contributed by atoms with Crippen molar-refractivity contribution in [2.24, 2.45) is 5.73 Å². The van der Waals surface area contributed by atoms with E-state index in [-0.39, 0.29) is 11.5 Å². The second-order valence-electron chi connectivity index (χ2n) is 4.13. The third-order valence-electron chi connectivity index (χ3n) is 2.67. The van der Waals surface area contributed by atoms with Crippen molar-refractivity contribution in [2.75, 3.05) is 5.32 Å². The normalized spacial score (nSPS) is 11.7. The van der Waals surface area contributed by atoms with Crippen LogP contribution < -0.4 is 11.1 Å². The molecule has 0 aromatic heterocycles. The van der Waals surface area contributed by atoms with Crippen LogP contribution in [0.5, 0.6) is 0 Å². The van der Waals surface area contributed by atoms with Crippen LogP contribution >= 0.6 is 0 Å². The summed E-state index contributed by atoms with van der Waals surface area (Å²) in [4.78, 5) is 11.7. The highest BCUT2D eigenvalue weighted by Crippen LogP contribution is 2.20. The van der Waals surface area contributed by atoms with Crippen LogP contribution in [0.25, 0.3) is 0 Å². The summed E-state index contributed by atoms with van der Waals surface area (Å²) in [6.45, 7) is 3.46. The summed E-state index contributed by atoms with van der Waals surface area (Å²) in [5, 5.41) is 11.3. The van der Waals surface area contributed by atoms with Gasteiger partial charge in [-0.05, 0) is 25.5 Å². The highest BCUT2D eigenvalue weighted by molar-refractivity contribution is 5.95. The molecule has 1 aromatic rings. The lowest BCUT2D eigenvalue weighted by Gasteiger charge is -2.13. The predicted octanol–water partition coefficient (Wildman–Crippen LogP) is 2.07. The average Bonchev–Trinajstić information content (AvgIpc) is 2.34. The molecule has 0 aliphatic rings. The summed E-state index contributed by atoms with van der Waals surface area (Å²) in [7, 11) is 0. The van der Waals surface area contributed by atoms with Gasteiger partial charge in [-0.1, -0.05) is 13.3 Å². The number of rotatable bonds is 4. The highest BCUT2D eigenvalue weighted by atomic mass is 19.1. The van der Waals surface area contributed by atoms with Crippen molar-refractivity contribution in [1.29, 1.82) is 5.26 Å². The molecule has 0 bridgehead atoms. The molecule has 1 amide bonds. The lowest BCUT2D eigenvalue weighted by molar-refractivity contribution is -0.117. The van der Waals surface area contributed by atoms with Crippen LogP contribution in [0, 0.1) is 24.1 Å². The minimum absolute atomic E-state index is 0.164. The Morgan fingerprint density at radius 1 is 1.61 bits per heavy atom. The molecule has 0 fully saturated rings. The first-order valence-corrected chi connectivity index (χ1v) is 5.76. The number of carbonyl (C=O) groups excluding carboxylic acids is 1. The standard InChI is InChI=1S/C13H16FN3O/c1-3-4-11(16)13(18)17-12-6-9(7-15)5-10(14)8(12)2/h5-6,11H,3-4,16H2,1-2H3,(H,17,18). The molecule has 0 aliphatic heterocycles. The molecule has 1 atom stereocenters. The second kappa shape index (κ2) is 6.12. The third kappa shape index (κ3) is 3.28. The first-order valence-electron chi connectivity index (χ1n) is 5.76. The Bertz CT molecular complexity index is 494. The Kier molecular flexibility index (Phi) is 4.81. The van der Waals surface area contributed by atoms with E-state index in [9.17, 15) is 9.18 Å². The predicted molar refractivity (Wildman–Crippen MR) is 67.4 cm³/mol. The van der Waals surface area contributed by atoms with Gasteiger partial charge in [0, 0.05) is 11.3 Å². The molecule has 0 saturated carbocycles. The SMILES string of the molecule is CCCC(N)C(=O)Nc1cc(C#N)cc(F)c1C. The number of amides is 1. The maximum absolute atomic E-state index is 13.5. The zero-order chi connectivity index (χ0) is 13.7. The zero-order valence-corrected chi connectivity index (χ0v) is 10.5. The second-order valence-corrected chi connectivity index (χ2v) is 4.13. The van der Waals surface area contributed by atoms with Gasteiger partial charge in [0.15, 0.2) is 0 Å². The van der Waals surface area contributed by atoms with E-state index in [2.05, 4.69) is 5.32 Å². The van der Waals surface area contributed by atoms with Gasteiger partial charge in [-0.15, -0.1) is 0 Å². The number of hydrogen-bond acceptors (Lipinski definition) is 3. The third-order valence-corrected chi connectivity index (χ3v) is 2.67. The number of hydrogen-bond donors (Lipinski definition) is 2. The van der Waals surface area contributed by atoms with Gasteiger partial charge in [0.2, 0.25) is 5.91 Å². The lowest BCUT2D eigenvalue weighted by Crippen LogP contribution is -2.35. The molecule has 1 aromatic carbocycles. The van der Waals surface area contributed by atoms with Crippen LogP contribution in [-0.2, 0) is 4.79 Å². The number of nitrogens with zero attached hydrogens (tertiary/aromatic N) is 1. The van der Waals surface area contributed by atoms with Gasteiger partial charge in [0.1, 0.15) is 5.82 Å². The van der Waals surface area contributed by atoms with E-state index in [1.165, 1.54) is 13.0 Å². The summed E-state index contributed by atoms with van der Waals surface area (Å²) in [5.74, 6) is -0.886. The van der Waals surface area contributed by atoms with Crippen molar-refractivity contribution in [3.63, 3.8) is 0 Å². The van der Waals surface area contributed by atoms with Crippen molar-refractivity contribution in [3.8, 4) is 6.07 Å². The van der Waals surface area contributed by atoms with Crippen molar-refractivity contribution in [1.82, 2.24) is 0 Å². The topological polar surface area (TPSA) is 78.9 Å². The number of nitrogens with two attached hydrogens (primary N) is 1. The van der Waals surface area contributed by atoms with Gasteiger partial charge in [-0.3, -0.25) is 4.79 Å². The fraction of sp³-hybridized carbons (Fsp3) is 0.385. The summed E-state index contributed by atoms with van der Waals surface area (Å²) in [6.07, 6.45) is 1.35. The summed E-state index contributed by atoms with van der Waals surface area (Å²) >= 11 is 0. The van der Waals surface area contributed by atoms with Gasteiger partial charge in [-0.25, -0.2) is 4.39 Å². The molecular formula is C13H16FN3O. The van der Waals surface area contributed by atoms with E-state index in [1.54, 1.807) is 0 Å². The highest BCUT2D eigenvalue weighted by Gasteiger charge is 2.15. The molecule has 0 spiro atoms. The number of benzene rings is 1. The van der Waals surface area contributed by atoms with Crippen LogP contribution in [0.4, 0.5) is 10.1 Å². The zero-order valence-electron chi connectivity index (χ0n) is 10.5. The van der Waals surface area contributed by atoms with Gasteiger partial charge in [-0.2, -0.15) is 5.26 Å². The Hall–Kier alpha value is -1.93. The molecule has 4 nitrogen and oxygen atoms in total. The number of nitriles is 1. The summed E-state index contributed by atoms with van der Waals surface area (Å²) < 4.78 is 13.5. The van der Waals surface area contributed by atoms with Crippen molar-refractivity contribution in [3.05, 3.63) is 29.1 Å². The molecule has 0 saturated heterocycles. The lowest BCUT2D eigenvalue weighted by atomic mass is 10.1. The number of nitrogens with one attached hydrogen (secondary N) is 1. The monoisotopic (exact) mass is 249 g/mol.